The molecule has 35 heavy (non-hydrogen) atoms. The third-order valence-electron chi connectivity index (χ3n) is 6.96. The number of carboxylic acids is 1. The van der Waals surface area contributed by atoms with Crippen LogP contribution in [0.5, 0.6) is 5.75 Å². The molecular formula is C27H37NO5S2. The third kappa shape index (κ3) is 5.97. The molecule has 0 bridgehead atoms. The van der Waals surface area contributed by atoms with Gasteiger partial charge in [-0.05, 0) is 44.9 Å². The van der Waals surface area contributed by atoms with Crippen molar-refractivity contribution >= 4 is 38.9 Å². The number of aliphatic carboxylic acids is 1. The van der Waals surface area contributed by atoms with Gasteiger partial charge in [0.25, 0.3) is 0 Å². The lowest BCUT2D eigenvalue weighted by molar-refractivity contribution is -0.138. The molecule has 3 rings (SSSR count). The molecule has 0 aliphatic carbocycles. The molecule has 0 aromatic heterocycles. The molecule has 6 nitrogen and oxygen atoms in total. The van der Waals surface area contributed by atoms with Crippen molar-refractivity contribution in [3.63, 3.8) is 0 Å². The standard InChI is InChI=1S/C27H37NO5S2/c1-6-8-14-27(7-2)18-28(21-12-10-9-11-13-21)22-16-23(33-5)20(15-24(22)35(31,32)19-27)17-34-26(3,4)25(29)30/h9-13,15-16H,6-8,14,17-19H2,1-5H3,(H,29,30). The highest BCUT2D eigenvalue weighted by Crippen LogP contribution is 2.46. The van der Waals surface area contributed by atoms with Crippen LogP contribution >= 0.6 is 11.8 Å². The molecule has 192 valence electrons. The first-order valence-electron chi connectivity index (χ1n) is 12.1. The van der Waals surface area contributed by atoms with Crippen LogP contribution in [0, 0.1) is 5.41 Å². The quantitative estimate of drug-likeness (QED) is 0.394. The summed E-state index contributed by atoms with van der Waals surface area (Å²) in [6, 6.07) is 13.4. The smallest absolute Gasteiger partial charge is 0.319 e. The van der Waals surface area contributed by atoms with E-state index in [-0.39, 0.29) is 16.1 Å². The number of benzene rings is 2. The van der Waals surface area contributed by atoms with E-state index < -0.39 is 20.6 Å². The van der Waals surface area contributed by atoms with Gasteiger partial charge >= 0.3 is 5.97 Å². The average molecular weight is 520 g/mol. The first kappa shape index (κ1) is 27.4. The lowest BCUT2D eigenvalue weighted by Crippen LogP contribution is -2.37. The van der Waals surface area contributed by atoms with E-state index in [0.717, 1.165) is 31.4 Å². The van der Waals surface area contributed by atoms with E-state index in [4.69, 9.17) is 4.74 Å². The van der Waals surface area contributed by atoms with E-state index >= 15 is 0 Å². The van der Waals surface area contributed by atoms with Crippen molar-refractivity contribution < 1.29 is 23.1 Å². The Morgan fingerprint density at radius 3 is 2.46 bits per heavy atom. The first-order valence-corrected chi connectivity index (χ1v) is 14.8. The molecule has 1 unspecified atom stereocenters. The van der Waals surface area contributed by atoms with E-state index in [1.54, 1.807) is 27.0 Å². The third-order valence-corrected chi connectivity index (χ3v) is 10.3. The van der Waals surface area contributed by atoms with Crippen LogP contribution in [0.4, 0.5) is 11.4 Å². The van der Waals surface area contributed by atoms with Gasteiger partial charge in [0.15, 0.2) is 9.84 Å². The van der Waals surface area contributed by atoms with E-state index in [2.05, 4.69) is 18.7 Å². The maximum atomic E-state index is 13.9. The second-order valence-corrected chi connectivity index (χ2v) is 13.4. The molecule has 0 spiro atoms. The first-order chi connectivity index (χ1) is 16.5. The lowest BCUT2D eigenvalue weighted by atomic mass is 9.81. The van der Waals surface area contributed by atoms with Gasteiger partial charge in [0.05, 0.1) is 23.4 Å². The molecule has 0 saturated heterocycles. The van der Waals surface area contributed by atoms with Gasteiger partial charge < -0.3 is 14.7 Å². The van der Waals surface area contributed by atoms with Gasteiger partial charge in [0, 0.05) is 35.0 Å². The highest BCUT2D eigenvalue weighted by atomic mass is 32.2. The summed E-state index contributed by atoms with van der Waals surface area (Å²) in [5.41, 5.74) is 1.86. The SMILES string of the molecule is CCCCC1(CC)CN(c2ccccc2)c2cc(OC)c(CSC(C)(C)C(=O)O)cc2S(=O)(=O)C1. The summed E-state index contributed by atoms with van der Waals surface area (Å²) < 4.78 is 32.5. The van der Waals surface area contributed by atoms with Gasteiger partial charge in [-0.2, -0.15) is 0 Å². The van der Waals surface area contributed by atoms with E-state index in [1.807, 2.05) is 36.4 Å². The van der Waals surface area contributed by atoms with Crippen molar-refractivity contribution in [2.45, 2.75) is 68.8 Å². The van der Waals surface area contributed by atoms with Crippen molar-refractivity contribution in [2.75, 3.05) is 24.3 Å². The Labute approximate surface area is 214 Å². The summed E-state index contributed by atoms with van der Waals surface area (Å²) in [5, 5.41) is 9.52. The number of unbranched alkanes of at least 4 members (excludes halogenated alkanes) is 1. The molecule has 0 saturated carbocycles. The second-order valence-electron chi connectivity index (χ2n) is 9.87. The van der Waals surface area contributed by atoms with Crippen molar-refractivity contribution in [1.29, 1.82) is 0 Å². The number of thioether (sulfide) groups is 1. The van der Waals surface area contributed by atoms with E-state index in [0.29, 0.717) is 29.3 Å². The molecule has 0 fully saturated rings. The number of hydrogen-bond acceptors (Lipinski definition) is 6. The van der Waals surface area contributed by atoms with Gasteiger partial charge in [0.1, 0.15) is 10.5 Å². The van der Waals surface area contributed by atoms with Crippen LogP contribution in [0.25, 0.3) is 0 Å². The van der Waals surface area contributed by atoms with Crippen LogP contribution in [-0.2, 0) is 20.4 Å². The Bertz CT molecular complexity index is 1150. The van der Waals surface area contributed by atoms with Crippen LogP contribution < -0.4 is 9.64 Å². The number of nitrogens with zero attached hydrogens (tertiary/aromatic N) is 1. The van der Waals surface area contributed by atoms with Crippen LogP contribution in [0.3, 0.4) is 0 Å². The number of carbonyl (C=O) groups is 1. The summed E-state index contributed by atoms with van der Waals surface area (Å²) in [4.78, 5) is 14.0. The molecular weight excluding hydrogens is 482 g/mol. The number of methoxy groups -OCH3 is 1. The maximum Gasteiger partial charge on any atom is 0.319 e. The van der Waals surface area contributed by atoms with Crippen LogP contribution in [0.2, 0.25) is 0 Å². The number of fused-ring (bicyclic) bond motifs is 1. The molecule has 2 aromatic carbocycles. The number of hydrogen-bond donors (Lipinski definition) is 1. The fraction of sp³-hybridized carbons (Fsp3) is 0.519. The number of para-hydroxylation sites is 1. The molecule has 2 aromatic rings. The van der Waals surface area contributed by atoms with E-state index in [1.165, 1.54) is 11.8 Å². The number of ether oxygens (including phenoxy) is 1. The number of anilines is 2. The number of rotatable bonds is 10. The van der Waals surface area contributed by atoms with Gasteiger partial charge in [-0.3, -0.25) is 4.79 Å². The average Bonchev–Trinajstić information content (AvgIpc) is 2.93. The largest absolute Gasteiger partial charge is 0.496 e. The van der Waals surface area contributed by atoms with Gasteiger partial charge in [-0.1, -0.05) is 44.9 Å². The topological polar surface area (TPSA) is 83.9 Å². The summed E-state index contributed by atoms with van der Waals surface area (Å²) in [5.74, 6) is 0.0615. The minimum Gasteiger partial charge on any atom is -0.496 e. The minimum absolute atomic E-state index is 0.0896. The monoisotopic (exact) mass is 519 g/mol. The fourth-order valence-corrected chi connectivity index (χ4v) is 7.63. The summed E-state index contributed by atoms with van der Waals surface area (Å²) in [6.07, 6.45) is 3.58. The zero-order valence-electron chi connectivity index (χ0n) is 21.3. The van der Waals surface area contributed by atoms with Crippen LogP contribution in [-0.4, -0.2) is 43.6 Å². The van der Waals surface area contributed by atoms with Crippen LogP contribution in [0.1, 0.15) is 58.9 Å². The Hall–Kier alpha value is -2.19. The zero-order chi connectivity index (χ0) is 25.9. The predicted molar refractivity (Wildman–Crippen MR) is 144 cm³/mol. The fourth-order valence-electron chi connectivity index (χ4n) is 4.55. The van der Waals surface area contributed by atoms with Crippen molar-refractivity contribution in [1.82, 2.24) is 0 Å². The van der Waals surface area contributed by atoms with Crippen molar-refractivity contribution in [3.8, 4) is 5.75 Å². The molecule has 1 aliphatic heterocycles. The summed E-state index contributed by atoms with van der Waals surface area (Å²) in [7, 11) is -2.05. The molecule has 1 N–H and O–H groups in total. The van der Waals surface area contributed by atoms with Crippen LogP contribution in [0.15, 0.2) is 47.4 Å². The molecule has 1 heterocycles. The Kier molecular flexibility index (Phi) is 8.48. The lowest BCUT2D eigenvalue weighted by Gasteiger charge is -2.36. The number of sulfone groups is 1. The number of carboxylic acid groups (broad SMARTS) is 1. The highest BCUT2D eigenvalue weighted by molar-refractivity contribution is 8.00. The Balaban J connectivity index is 2.19. The molecule has 1 atom stereocenters. The van der Waals surface area contributed by atoms with E-state index in [9.17, 15) is 18.3 Å². The Morgan fingerprint density at radius 2 is 1.89 bits per heavy atom. The molecule has 0 amide bonds. The summed E-state index contributed by atoms with van der Waals surface area (Å²) in [6.45, 7) is 8.11. The Morgan fingerprint density at radius 1 is 1.20 bits per heavy atom. The minimum atomic E-state index is -3.61. The molecule has 1 aliphatic rings. The van der Waals surface area contributed by atoms with Gasteiger partial charge in [-0.15, -0.1) is 11.8 Å². The van der Waals surface area contributed by atoms with Gasteiger partial charge in [-0.25, -0.2) is 8.42 Å². The van der Waals surface area contributed by atoms with Gasteiger partial charge in [0.2, 0.25) is 0 Å². The van der Waals surface area contributed by atoms with Crippen molar-refractivity contribution in [3.05, 3.63) is 48.0 Å². The normalized spacial score (nSPS) is 19.6. The predicted octanol–water partition coefficient (Wildman–Crippen LogP) is 6.30. The molecule has 8 heteroatoms. The second kappa shape index (κ2) is 10.8. The van der Waals surface area contributed by atoms with Crippen molar-refractivity contribution in [2.24, 2.45) is 5.41 Å². The molecule has 0 radical (unpaired) electrons. The highest BCUT2D eigenvalue weighted by Gasteiger charge is 2.42. The zero-order valence-corrected chi connectivity index (χ0v) is 23.0. The summed E-state index contributed by atoms with van der Waals surface area (Å²) >= 11 is 1.25. The maximum absolute atomic E-state index is 13.9.